The van der Waals surface area contributed by atoms with Crippen LogP contribution in [0.15, 0.2) is 36.4 Å². The van der Waals surface area contributed by atoms with Gasteiger partial charge in [0.15, 0.2) is 0 Å². The molecule has 0 N–H and O–H groups in total. The second kappa shape index (κ2) is 13.5. The number of carbonyl (C=O) groups is 4. The summed E-state index contributed by atoms with van der Waals surface area (Å²) in [4.78, 5) is 63.4. The van der Waals surface area contributed by atoms with Crippen LogP contribution in [0.5, 0.6) is 0 Å². The first-order chi connectivity index (χ1) is 16.6. The largest absolute Gasteiger partial charge is 0.543 e. The highest BCUT2D eigenvalue weighted by Crippen LogP contribution is 2.11. The Morgan fingerprint density at radius 3 is 1.23 bits per heavy atom. The van der Waals surface area contributed by atoms with Gasteiger partial charge in [0.25, 0.3) is 0 Å². The topological polar surface area (TPSA) is 142 Å². The Kier molecular flexibility index (Phi) is 10.5. The van der Waals surface area contributed by atoms with Crippen LogP contribution in [-0.4, -0.2) is 37.5 Å². The highest BCUT2D eigenvalue weighted by molar-refractivity contribution is 5.89. The van der Waals surface area contributed by atoms with Gasteiger partial charge in [0, 0.05) is 6.42 Å². The summed E-state index contributed by atoms with van der Waals surface area (Å²) in [7, 11) is 0. The summed E-state index contributed by atoms with van der Waals surface area (Å²) in [5, 5.41) is 8.22. The lowest BCUT2D eigenvalue weighted by Gasteiger charge is -2.06. The molecule has 12 nitrogen and oxygen atoms in total. The fourth-order valence-electron chi connectivity index (χ4n) is 2.85. The molecule has 0 aromatic heterocycles. The molecule has 0 aliphatic rings. The van der Waals surface area contributed by atoms with Gasteiger partial charge in [-0.05, 0) is 52.0 Å². The van der Waals surface area contributed by atoms with Crippen molar-refractivity contribution in [1.82, 2.24) is 0 Å². The quantitative estimate of drug-likeness (QED) is 0.202. The van der Waals surface area contributed by atoms with Crippen molar-refractivity contribution < 1.29 is 58.3 Å². The summed E-state index contributed by atoms with van der Waals surface area (Å²) >= 11 is 0. The maximum atomic E-state index is 11.8. The third-order valence-corrected chi connectivity index (χ3v) is 4.07. The molecule has 0 bridgehead atoms. The Morgan fingerprint density at radius 2 is 0.886 bits per heavy atom. The number of hydrogen-bond donors (Lipinski definition) is 0. The van der Waals surface area contributed by atoms with E-state index in [9.17, 15) is 19.2 Å². The Balaban J connectivity index is 1.52. The molecule has 2 aromatic rings. The summed E-state index contributed by atoms with van der Waals surface area (Å²) in [6.45, 7) is 6.74. The van der Waals surface area contributed by atoms with Crippen molar-refractivity contribution in [2.45, 2.75) is 34.1 Å². The number of benzene rings is 2. The van der Waals surface area contributed by atoms with Crippen LogP contribution in [0.1, 0.15) is 49.4 Å². The Bertz CT molecular complexity index is 938. The zero-order chi connectivity index (χ0) is 25.8. The molecule has 0 spiro atoms. The molecule has 0 amide bonds. The second-order valence-corrected chi connectivity index (χ2v) is 7.35. The number of hydrogen-bond acceptors (Lipinski definition) is 12. The standard InChI is InChI=1S/C23H24O12/c1-14-8-15(2)11-18(10-14)20(24)30-34-32-22(26)28-6-5-7-29-23(27)33-35-31-21(25)19-12-16(3)9-17(4)13-19/h8-13H,5-7H2,1-4H3. The molecule has 2 rings (SSSR count). The van der Waals surface area contributed by atoms with Crippen LogP contribution in [0.4, 0.5) is 9.59 Å². The average molecular weight is 492 g/mol. The highest BCUT2D eigenvalue weighted by atomic mass is 17.5. The normalized spacial score (nSPS) is 10.2. The molecule has 12 heteroatoms. The van der Waals surface area contributed by atoms with Gasteiger partial charge in [-0.2, -0.15) is 0 Å². The van der Waals surface area contributed by atoms with E-state index in [1.54, 1.807) is 52.0 Å². The van der Waals surface area contributed by atoms with E-state index < -0.39 is 24.2 Å². The molecule has 0 heterocycles. The van der Waals surface area contributed by atoms with Gasteiger partial charge >= 0.3 is 24.2 Å². The third kappa shape index (κ3) is 10.1. The van der Waals surface area contributed by atoms with Crippen LogP contribution in [0.25, 0.3) is 0 Å². The van der Waals surface area contributed by atoms with Crippen LogP contribution in [0.3, 0.4) is 0 Å². The Labute approximate surface area is 200 Å². The van der Waals surface area contributed by atoms with Gasteiger partial charge in [0.2, 0.25) is 0 Å². The van der Waals surface area contributed by atoms with Gasteiger partial charge in [-0.1, -0.05) is 34.4 Å². The first-order valence-electron chi connectivity index (χ1n) is 10.2. The summed E-state index contributed by atoms with van der Waals surface area (Å²) < 4.78 is 9.24. The van der Waals surface area contributed by atoms with Crippen molar-refractivity contribution in [1.29, 1.82) is 0 Å². The predicted molar refractivity (Wildman–Crippen MR) is 114 cm³/mol. The number of ether oxygens (including phenoxy) is 2. The van der Waals surface area contributed by atoms with E-state index in [2.05, 4.69) is 39.1 Å². The van der Waals surface area contributed by atoms with Crippen LogP contribution in [0.2, 0.25) is 0 Å². The van der Waals surface area contributed by atoms with E-state index in [-0.39, 0.29) is 30.8 Å². The predicted octanol–water partition coefficient (Wildman–Crippen LogP) is 4.32. The van der Waals surface area contributed by atoms with Gasteiger partial charge < -0.3 is 9.47 Å². The maximum absolute atomic E-state index is 11.8. The number of aryl methyl sites for hydroxylation is 4. The molecule has 2 aromatic carbocycles. The average Bonchev–Trinajstić information content (AvgIpc) is 2.77. The minimum atomic E-state index is -1.29. The molecule has 0 atom stereocenters. The zero-order valence-electron chi connectivity index (χ0n) is 19.5. The third-order valence-electron chi connectivity index (χ3n) is 4.07. The molecule has 188 valence electrons. The lowest BCUT2D eigenvalue weighted by molar-refractivity contribution is -0.452. The molecular formula is C23H24O12. The summed E-state index contributed by atoms with van der Waals surface area (Å²) in [5.74, 6) is -1.73. The molecule has 0 unspecified atom stereocenters. The van der Waals surface area contributed by atoms with E-state index in [1.165, 1.54) is 0 Å². The smallest absolute Gasteiger partial charge is 0.432 e. The van der Waals surface area contributed by atoms with Crippen molar-refractivity contribution in [2.24, 2.45) is 0 Å². The van der Waals surface area contributed by atoms with Crippen molar-refractivity contribution in [3.8, 4) is 0 Å². The highest BCUT2D eigenvalue weighted by Gasteiger charge is 2.15. The van der Waals surface area contributed by atoms with Gasteiger partial charge in [-0.25, -0.2) is 29.0 Å². The van der Waals surface area contributed by atoms with Crippen LogP contribution < -0.4 is 0 Å². The van der Waals surface area contributed by atoms with E-state index in [0.29, 0.717) is 0 Å². The van der Waals surface area contributed by atoms with Crippen LogP contribution in [-0.2, 0) is 39.1 Å². The van der Waals surface area contributed by atoms with E-state index in [0.717, 1.165) is 22.3 Å². The minimum Gasteiger partial charge on any atom is -0.432 e. The molecule has 0 aliphatic carbocycles. The number of rotatable bonds is 10. The van der Waals surface area contributed by atoms with Crippen molar-refractivity contribution in [2.75, 3.05) is 13.2 Å². The maximum Gasteiger partial charge on any atom is 0.543 e. The Hall–Kier alpha value is -4.16. The fraction of sp³-hybridized carbons (Fsp3) is 0.304. The minimum absolute atomic E-state index is 0.0505. The molecule has 0 aliphatic heterocycles. The fourth-order valence-corrected chi connectivity index (χ4v) is 2.85. The van der Waals surface area contributed by atoms with Crippen LogP contribution >= 0.6 is 0 Å². The first kappa shape index (κ1) is 27.1. The first-order valence-corrected chi connectivity index (χ1v) is 10.2. The van der Waals surface area contributed by atoms with E-state index in [1.807, 2.05) is 12.1 Å². The summed E-state index contributed by atoms with van der Waals surface area (Å²) in [6.07, 6.45) is -2.53. The van der Waals surface area contributed by atoms with Crippen molar-refractivity contribution in [3.05, 3.63) is 69.8 Å². The summed E-state index contributed by atoms with van der Waals surface area (Å²) in [5.41, 5.74) is 3.79. The van der Waals surface area contributed by atoms with Crippen molar-refractivity contribution in [3.63, 3.8) is 0 Å². The summed E-state index contributed by atoms with van der Waals surface area (Å²) in [6, 6.07) is 10.0. The monoisotopic (exact) mass is 492 g/mol. The molecule has 35 heavy (non-hydrogen) atoms. The van der Waals surface area contributed by atoms with E-state index in [4.69, 9.17) is 0 Å². The van der Waals surface area contributed by atoms with Gasteiger partial charge in [-0.3, -0.25) is 9.78 Å². The van der Waals surface area contributed by atoms with E-state index >= 15 is 0 Å². The molecule has 0 saturated heterocycles. The lowest BCUT2D eigenvalue weighted by atomic mass is 10.1. The molecule has 0 saturated carbocycles. The second-order valence-electron chi connectivity index (χ2n) is 7.35. The van der Waals surface area contributed by atoms with Gasteiger partial charge in [0.05, 0.1) is 34.4 Å². The SMILES string of the molecule is Cc1cc(C)cc(C(=O)OOOC(=O)OCCCOC(=O)OOOC(=O)c2cc(C)cc(C)c2)c1. The van der Waals surface area contributed by atoms with Gasteiger partial charge in [-0.15, -0.1) is 0 Å². The van der Waals surface area contributed by atoms with Crippen LogP contribution in [0, 0.1) is 27.7 Å². The zero-order valence-corrected chi connectivity index (χ0v) is 19.5. The van der Waals surface area contributed by atoms with Crippen molar-refractivity contribution >= 4 is 24.2 Å². The molecule has 0 radical (unpaired) electrons. The number of carbonyl (C=O) groups excluding carboxylic acids is 4. The van der Waals surface area contributed by atoms with Gasteiger partial charge in [0.1, 0.15) is 0 Å². The molecular weight excluding hydrogens is 468 g/mol. The lowest BCUT2D eigenvalue weighted by Crippen LogP contribution is -2.15. The molecule has 0 fully saturated rings. The Morgan fingerprint density at radius 1 is 0.543 bits per heavy atom.